The lowest BCUT2D eigenvalue weighted by molar-refractivity contribution is 0.102. The molecule has 1 amide bonds. The van der Waals surface area contributed by atoms with Crippen LogP contribution in [0, 0.1) is 6.92 Å². The van der Waals surface area contributed by atoms with Crippen LogP contribution in [0.1, 0.15) is 22.8 Å². The first-order valence-corrected chi connectivity index (χ1v) is 11.6. The second-order valence-corrected chi connectivity index (χ2v) is 9.24. The van der Waals surface area contributed by atoms with Crippen molar-refractivity contribution in [1.82, 2.24) is 9.71 Å². The second-order valence-electron chi connectivity index (χ2n) is 6.62. The lowest BCUT2D eigenvalue weighted by atomic mass is 10.1. The number of sulfonamides is 1. The molecule has 0 bridgehead atoms. The highest BCUT2D eigenvalue weighted by Gasteiger charge is 2.18. The zero-order valence-electron chi connectivity index (χ0n) is 16.3. The predicted octanol–water partition coefficient (Wildman–Crippen LogP) is 4.42. The molecule has 0 radical (unpaired) electrons. The van der Waals surface area contributed by atoms with Crippen LogP contribution in [0.15, 0.2) is 63.2 Å². The molecule has 2 aromatic heterocycles. The average Bonchev–Trinajstić information content (AvgIpc) is 3.34. The van der Waals surface area contributed by atoms with Crippen LogP contribution in [0.3, 0.4) is 0 Å². The van der Waals surface area contributed by atoms with E-state index in [4.69, 9.17) is 4.42 Å². The molecule has 4 aromatic rings. The van der Waals surface area contributed by atoms with Crippen molar-refractivity contribution in [3.63, 3.8) is 0 Å². The van der Waals surface area contributed by atoms with E-state index in [1.807, 2.05) is 30.3 Å². The molecule has 0 saturated carbocycles. The minimum Gasteiger partial charge on any atom is -0.454 e. The van der Waals surface area contributed by atoms with E-state index >= 15 is 0 Å². The maximum atomic E-state index is 12.8. The summed E-state index contributed by atoms with van der Waals surface area (Å²) in [7, 11) is -3.66. The molecule has 0 aliphatic heterocycles. The van der Waals surface area contributed by atoms with Crippen LogP contribution >= 0.6 is 11.3 Å². The molecule has 154 valence electrons. The summed E-state index contributed by atoms with van der Waals surface area (Å²) in [5.41, 5.74) is 2.32. The van der Waals surface area contributed by atoms with Gasteiger partial charge in [0, 0.05) is 22.9 Å². The highest BCUT2D eigenvalue weighted by molar-refractivity contribution is 7.89. The minimum atomic E-state index is -3.66. The van der Waals surface area contributed by atoms with E-state index in [0.717, 1.165) is 11.0 Å². The zero-order chi connectivity index (χ0) is 21.3. The van der Waals surface area contributed by atoms with Gasteiger partial charge in [0.05, 0.1) is 4.90 Å². The number of benzene rings is 2. The number of hydrogen-bond acceptors (Lipinski definition) is 6. The summed E-state index contributed by atoms with van der Waals surface area (Å²) in [6.07, 6.45) is 0. The van der Waals surface area contributed by atoms with Crippen molar-refractivity contribution in [2.24, 2.45) is 0 Å². The topological polar surface area (TPSA) is 101 Å². The number of amides is 1. The molecule has 4 rings (SSSR count). The number of nitrogens with zero attached hydrogens (tertiary/aromatic N) is 1. The smallest absolute Gasteiger partial charge is 0.257 e. The van der Waals surface area contributed by atoms with Gasteiger partial charge in [0.15, 0.2) is 10.9 Å². The Hall–Kier alpha value is -3.01. The van der Waals surface area contributed by atoms with Gasteiger partial charge in [-0.2, -0.15) is 0 Å². The van der Waals surface area contributed by atoms with E-state index in [1.165, 1.54) is 23.5 Å². The molecule has 2 N–H and O–H groups in total. The number of aryl methyl sites for hydroxylation is 1. The molecule has 0 fully saturated rings. The number of aromatic nitrogens is 1. The Morgan fingerprint density at radius 3 is 2.73 bits per heavy atom. The van der Waals surface area contributed by atoms with Crippen LogP contribution in [0.2, 0.25) is 0 Å². The number of para-hydroxylation sites is 1. The molecule has 0 aliphatic rings. The maximum absolute atomic E-state index is 12.8. The molecule has 0 spiro atoms. The Morgan fingerprint density at radius 1 is 1.17 bits per heavy atom. The van der Waals surface area contributed by atoms with Crippen molar-refractivity contribution in [1.29, 1.82) is 0 Å². The number of rotatable bonds is 6. The van der Waals surface area contributed by atoms with Crippen molar-refractivity contribution >= 4 is 43.4 Å². The van der Waals surface area contributed by atoms with Gasteiger partial charge < -0.3 is 4.42 Å². The summed E-state index contributed by atoms with van der Waals surface area (Å²) in [6.45, 7) is 3.71. The number of nitrogens with one attached hydrogen (secondary N) is 2. The summed E-state index contributed by atoms with van der Waals surface area (Å²) in [5, 5.41) is 5.91. The molecule has 0 saturated heterocycles. The van der Waals surface area contributed by atoms with Gasteiger partial charge in [-0.1, -0.05) is 31.2 Å². The van der Waals surface area contributed by atoms with E-state index < -0.39 is 15.9 Å². The first kappa shape index (κ1) is 20.3. The van der Waals surface area contributed by atoms with Gasteiger partial charge in [-0.3, -0.25) is 10.1 Å². The quantitative estimate of drug-likeness (QED) is 0.461. The maximum Gasteiger partial charge on any atom is 0.257 e. The number of carbonyl (C=O) groups is 1. The van der Waals surface area contributed by atoms with Crippen molar-refractivity contribution < 1.29 is 17.6 Å². The molecule has 0 aliphatic carbocycles. The molecule has 2 aromatic carbocycles. The Labute approximate surface area is 177 Å². The third-order valence-electron chi connectivity index (χ3n) is 4.50. The highest BCUT2D eigenvalue weighted by Crippen LogP contribution is 2.30. The fraction of sp³-hybridized carbons (Fsp3) is 0.143. The Bertz CT molecular complexity index is 1310. The predicted molar refractivity (Wildman–Crippen MR) is 117 cm³/mol. The van der Waals surface area contributed by atoms with Crippen molar-refractivity contribution in [3.05, 3.63) is 65.0 Å². The normalized spacial score (nSPS) is 11.7. The van der Waals surface area contributed by atoms with Gasteiger partial charge in [0.1, 0.15) is 11.3 Å². The molecule has 9 heteroatoms. The number of hydrogen-bond donors (Lipinski definition) is 2. The number of thiazole rings is 1. The highest BCUT2D eigenvalue weighted by atomic mass is 32.2. The van der Waals surface area contributed by atoms with E-state index in [0.29, 0.717) is 22.1 Å². The standard InChI is InChI=1S/C21H19N3O4S2/c1-3-22-30(26,27)15-9-8-13(2)16(11-15)20(25)24-21-23-17(12-29-21)19-10-14-6-4-5-7-18(14)28-19/h4-12,22H,3H2,1-2H3,(H,23,24,25). The van der Waals surface area contributed by atoms with Gasteiger partial charge in [-0.25, -0.2) is 18.1 Å². The fourth-order valence-corrected chi connectivity index (χ4v) is 4.76. The van der Waals surface area contributed by atoms with Crippen molar-refractivity contribution in [2.75, 3.05) is 11.9 Å². The summed E-state index contributed by atoms with van der Waals surface area (Å²) in [6, 6.07) is 14.0. The zero-order valence-corrected chi connectivity index (χ0v) is 17.9. The first-order chi connectivity index (χ1) is 14.4. The van der Waals surface area contributed by atoms with E-state index in [1.54, 1.807) is 25.3 Å². The largest absolute Gasteiger partial charge is 0.454 e. The summed E-state index contributed by atoms with van der Waals surface area (Å²) in [5.74, 6) is 0.189. The van der Waals surface area contributed by atoms with Gasteiger partial charge >= 0.3 is 0 Å². The summed E-state index contributed by atoms with van der Waals surface area (Å²) in [4.78, 5) is 17.3. The monoisotopic (exact) mass is 441 g/mol. The van der Waals surface area contributed by atoms with Crippen molar-refractivity contribution in [3.8, 4) is 11.5 Å². The Balaban J connectivity index is 1.57. The second kappa shape index (κ2) is 8.02. The van der Waals surface area contributed by atoms with Crippen molar-refractivity contribution in [2.45, 2.75) is 18.7 Å². The molecule has 0 atom stereocenters. The minimum absolute atomic E-state index is 0.0437. The third-order valence-corrected chi connectivity index (χ3v) is 6.80. The lowest BCUT2D eigenvalue weighted by Crippen LogP contribution is -2.24. The van der Waals surface area contributed by atoms with E-state index in [9.17, 15) is 13.2 Å². The van der Waals surface area contributed by atoms with Gasteiger partial charge in [0.2, 0.25) is 10.0 Å². The molecule has 7 nitrogen and oxygen atoms in total. The van der Waals surface area contributed by atoms with Crippen LogP contribution in [0.4, 0.5) is 5.13 Å². The number of carbonyl (C=O) groups excluding carboxylic acids is 1. The van der Waals surface area contributed by atoms with Crippen LogP contribution < -0.4 is 10.0 Å². The number of furan rings is 1. The molecule has 2 heterocycles. The van der Waals surface area contributed by atoms with Crippen LogP contribution in [0.25, 0.3) is 22.4 Å². The van der Waals surface area contributed by atoms with Gasteiger partial charge in [0.25, 0.3) is 5.91 Å². The Kier molecular flexibility index (Phi) is 5.42. The molecular weight excluding hydrogens is 422 g/mol. The summed E-state index contributed by atoms with van der Waals surface area (Å²) >= 11 is 1.27. The molecule has 30 heavy (non-hydrogen) atoms. The third kappa shape index (κ3) is 4.00. The van der Waals surface area contributed by atoms with Gasteiger partial charge in [-0.05, 0) is 36.8 Å². The fourth-order valence-electron chi connectivity index (χ4n) is 3.00. The SMILES string of the molecule is CCNS(=O)(=O)c1ccc(C)c(C(=O)Nc2nc(-c3cc4ccccc4o3)cs2)c1. The van der Waals surface area contributed by atoms with E-state index in [-0.39, 0.29) is 17.0 Å². The van der Waals surface area contributed by atoms with Crippen LogP contribution in [-0.4, -0.2) is 25.9 Å². The van der Waals surface area contributed by atoms with Crippen LogP contribution in [-0.2, 0) is 10.0 Å². The molecule has 0 unspecified atom stereocenters. The number of anilines is 1. The Morgan fingerprint density at radius 2 is 1.97 bits per heavy atom. The van der Waals surface area contributed by atoms with E-state index in [2.05, 4.69) is 15.0 Å². The average molecular weight is 442 g/mol. The number of fused-ring (bicyclic) bond motifs is 1. The molecular formula is C21H19N3O4S2. The van der Waals surface area contributed by atoms with Gasteiger partial charge in [-0.15, -0.1) is 11.3 Å². The summed E-state index contributed by atoms with van der Waals surface area (Å²) < 4.78 is 32.7. The van der Waals surface area contributed by atoms with Crippen LogP contribution in [0.5, 0.6) is 0 Å². The lowest BCUT2D eigenvalue weighted by Gasteiger charge is -2.09. The first-order valence-electron chi connectivity index (χ1n) is 9.23.